The number of piperazine rings is 1. The van der Waals surface area contributed by atoms with E-state index in [9.17, 15) is 4.79 Å². The molecule has 1 saturated carbocycles. The van der Waals surface area contributed by atoms with Crippen molar-refractivity contribution in [3.05, 3.63) is 35.5 Å². The van der Waals surface area contributed by atoms with Crippen molar-refractivity contribution in [1.82, 2.24) is 15.2 Å². The minimum absolute atomic E-state index is 0.0978. The number of carbonyl (C=O) groups is 1. The Hall–Kier alpha value is -2.01. The van der Waals surface area contributed by atoms with Crippen molar-refractivity contribution in [1.29, 1.82) is 0 Å². The first-order valence-electron chi connectivity index (χ1n) is 9.95. The summed E-state index contributed by atoms with van der Waals surface area (Å²) in [5.74, 6) is 0.798. The third-order valence-corrected chi connectivity index (χ3v) is 6.17. The van der Waals surface area contributed by atoms with Gasteiger partial charge in [0.25, 0.3) is 0 Å². The highest BCUT2D eigenvalue weighted by molar-refractivity contribution is 6.31. The van der Waals surface area contributed by atoms with E-state index in [2.05, 4.69) is 28.2 Å². The molecule has 1 N–H and O–H groups in total. The van der Waals surface area contributed by atoms with E-state index in [4.69, 9.17) is 11.6 Å². The number of carbonyl (C=O) groups excluding carboxylic acids is 1. The summed E-state index contributed by atoms with van der Waals surface area (Å²) in [6.45, 7) is 5.44. The first-order valence-corrected chi connectivity index (χ1v) is 10.3. The molecule has 0 spiro atoms. The summed E-state index contributed by atoms with van der Waals surface area (Å²) in [4.78, 5) is 21.3. The molecule has 2 heterocycles. The summed E-state index contributed by atoms with van der Waals surface area (Å²) >= 11 is 6.09. The molecule has 0 unspecified atom stereocenters. The molecule has 2 amide bonds. The van der Waals surface area contributed by atoms with Gasteiger partial charge in [0.05, 0.1) is 5.52 Å². The van der Waals surface area contributed by atoms with Gasteiger partial charge in [0.15, 0.2) is 0 Å². The van der Waals surface area contributed by atoms with Crippen LogP contribution in [0.25, 0.3) is 10.9 Å². The van der Waals surface area contributed by atoms with Gasteiger partial charge in [-0.3, -0.25) is 4.98 Å². The van der Waals surface area contributed by atoms with E-state index in [-0.39, 0.29) is 6.03 Å². The van der Waals surface area contributed by atoms with Crippen LogP contribution < -0.4 is 10.2 Å². The smallest absolute Gasteiger partial charge is 0.317 e. The van der Waals surface area contributed by atoms with Crippen molar-refractivity contribution in [2.45, 2.75) is 38.6 Å². The number of hydrogen-bond donors (Lipinski definition) is 1. The largest absolute Gasteiger partial charge is 0.367 e. The Balaban J connectivity index is 1.37. The highest BCUT2D eigenvalue weighted by atomic mass is 35.5. The van der Waals surface area contributed by atoms with E-state index in [0.29, 0.717) is 11.1 Å². The van der Waals surface area contributed by atoms with Crippen molar-refractivity contribution in [3.63, 3.8) is 0 Å². The summed E-state index contributed by atoms with van der Waals surface area (Å²) < 4.78 is 0. The average molecular weight is 387 g/mol. The molecule has 1 aromatic heterocycles. The Morgan fingerprint density at radius 3 is 2.59 bits per heavy atom. The molecular weight excluding hydrogens is 360 g/mol. The molecule has 5 nitrogen and oxygen atoms in total. The Kier molecular flexibility index (Phi) is 5.39. The number of hydrogen-bond acceptors (Lipinski definition) is 3. The second kappa shape index (κ2) is 7.93. The molecule has 0 bridgehead atoms. The molecule has 0 radical (unpaired) electrons. The van der Waals surface area contributed by atoms with Crippen LogP contribution in [0.5, 0.6) is 0 Å². The van der Waals surface area contributed by atoms with Gasteiger partial charge in [-0.1, -0.05) is 18.5 Å². The number of pyridine rings is 1. The van der Waals surface area contributed by atoms with Crippen molar-refractivity contribution < 1.29 is 4.79 Å². The maximum atomic E-state index is 12.6. The van der Waals surface area contributed by atoms with Gasteiger partial charge in [0.1, 0.15) is 0 Å². The van der Waals surface area contributed by atoms with Crippen LogP contribution in [0, 0.1) is 5.92 Å². The number of nitrogens with one attached hydrogen (secondary N) is 1. The van der Waals surface area contributed by atoms with Crippen LogP contribution in [-0.4, -0.2) is 48.1 Å². The number of nitrogens with zero attached hydrogens (tertiary/aromatic N) is 3. The molecule has 144 valence electrons. The number of urea groups is 1. The van der Waals surface area contributed by atoms with E-state index < -0.39 is 0 Å². The predicted octanol–water partition coefficient (Wildman–Crippen LogP) is 4.30. The van der Waals surface area contributed by atoms with Gasteiger partial charge >= 0.3 is 6.03 Å². The van der Waals surface area contributed by atoms with Gasteiger partial charge < -0.3 is 15.1 Å². The fraction of sp³-hybridized carbons (Fsp3) is 0.524. The zero-order valence-electron chi connectivity index (χ0n) is 15.8. The first-order chi connectivity index (χ1) is 13.1. The van der Waals surface area contributed by atoms with Crippen molar-refractivity contribution in [3.8, 4) is 0 Å². The van der Waals surface area contributed by atoms with Crippen LogP contribution in [0.1, 0.15) is 32.6 Å². The summed E-state index contributed by atoms with van der Waals surface area (Å²) in [6, 6.07) is 8.33. The van der Waals surface area contributed by atoms with Gasteiger partial charge in [0.2, 0.25) is 0 Å². The van der Waals surface area contributed by atoms with E-state index in [0.717, 1.165) is 61.5 Å². The molecule has 6 heteroatoms. The van der Waals surface area contributed by atoms with Gasteiger partial charge in [-0.05, 0) is 55.9 Å². The Morgan fingerprint density at radius 2 is 1.85 bits per heavy atom. The van der Waals surface area contributed by atoms with Gasteiger partial charge in [-0.15, -0.1) is 0 Å². The van der Waals surface area contributed by atoms with E-state index >= 15 is 0 Å². The number of anilines is 1. The molecule has 1 aromatic carbocycles. The van der Waals surface area contributed by atoms with Crippen molar-refractivity contribution >= 4 is 34.2 Å². The zero-order chi connectivity index (χ0) is 18.8. The summed E-state index contributed by atoms with van der Waals surface area (Å²) in [5.41, 5.74) is 2.07. The van der Waals surface area contributed by atoms with Crippen LogP contribution >= 0.6 is 11.6 Å². The third-order valence-electron chi connectivity index (χ3n) is 5.93. The van der Waals surface area contributed by atoms with Crippen molar-refractivity contribution in [2.75, 3.05) is 31.1 Å². The monoisotopic (exact) mass is 386 g/mol. The lowest BCUT2D eigenvalue weighted by molar-refractivity contribution is 0.184. The number of benzene rings is 1. The quantitative estimate of drug-likeness (QED) is 0.837. The number of rotatable bonds is 2. The normalized spacial score (nSPS) is 23.5. The number of fused-ring (bicyclic) bond motifs is 1. The molecule has 27 heavy (non-hydrogen) atoms. The molecule has 1 saturated heterocycles. The lowest BCUT2D eigenvalue weighted by Crippen LogP contribution is -2.53. The van der Waals surface area contributed by atoms with E-state index in [1.54, 1.807) is 0 Å². The summed E-state index contributed by atoms with van der Waals surface area (Å²) in [6.07, 6.45) is 6.49. The average Bonchev–Trinajstić information content (AvgIpc) is 2.69. The fourth-order valence-corrected chi connectivity index (χ4v) is 4.37. The maximum Gasteiger partial charge on any atom is 0.317 e. The molecule has 0 atom stereocenters. The van der Waals surface area contributed by atoms with Crippen LogP contribution in [0.3, 0.4) is 0 Å². The molecule has 1 aliphatic heterocycles. The minimum Gasteiger partial charge on any atom is -0.367 e. The lowest BCUT2D eigenvalue weighted by Gasteiger charge is -2.37. The fourth-order valence-electron chi connectivity index (χ4n) is 4.20. The van der Waals surface area contributed by atoms with Gasteiger partial charge in [-0.25, -0.2) is 4.79 Å². The second-order valence-corrected chi connectivity index (χ2v) is 8.31. The van der Waals surface area contributed by atoms with Crippen LogP contribution in [-0.2, 0) is 0 Å². The Morgan fingerprint density at radius 1 is 1.11 bits per heavy atom. The first kappa shape index (κ1) is 18.4. The topological polar surface area (TPSA) is 48.5 Å². The van der Waals surface area contributed by atoms with Crippen LogP contribution in [0.4, 0.5) is 10.5 Å². The van der Waals surface area contributed by atoms with Crippen LogP contribution in [0.2, 0.25) is 5.02 Å². The molecule has 2 aliphatic rings. The minimum atomic E-state index is 0.0978. The highest BCUT2D eigenvalue weighted by Crippen LogP contribution is 2.28. The SMILES string of the molecule is C[C@H]1CC[C@@H](NC(=O)N2CCN(c3ccnc4cc(Cl)ccc34)CC2)CC1. The summed E-state index contributed by atoms with van der Waals surface area (Å²) in [7, 11) is 0. The molecule has 1 aliphatic carbocycles. The number of halogens is 1. The standard InChI is InChI=1S/C21H27ClN4O/c1-15-2-5-17(6-3-15)24-21(27)26-12-10-25(11-13-26)20-8-9-23-19-14-16(22)4-7-18(19)20/h4,7-9,14-15,17H,2-3,5-6,10-13H2,1H3,(H,24,27)/t15-,17+. The number of amides is 2. The van der Waals surface area contributed by atoms with Gasteiger partial charge in [0, 0.05) is 54.5 Å². The highest BCUT2D eigenvalue weighted by Gasteiger charge is 2.25. The van der Waals surface area contributed by atoms with Crippen LogP contribution in [0.15, 0.2) is 30.5 Å². The van der Waals surface area contributed by atoms with E-state index in [1.165, 1.54) is 12.8 Å². The molecule has 2 fully saturated rings. The Bertz CT molecular complexity index is 811. The second-order valence-electron chi connectivity index (χ2n) is 7.87. The maximum absolute atomic E-state index is 12.6. The Labute approximate surface area is 165 Å². The molecule has 4 rings (SSSR count). The predicted molar refractivity (Wildman–Crippen MR) is 110 cm³/mol. The molecular formula is C21H27ClN4O. The molecule has 2 aromatic rings. The number of aromatic nitrogens is 1. The van der Waals surface area contributed by atoms with Gasteiger partial charge in [-0.2, -0.15) is 0 Å². The summed E-state index contributed by atoms with van der Waals surface area (Å²) in [5, 5.41) is 5.05. The third kappa shape index (κ3) is 4.13. The zero-order valence-corrected chi connectivity index (χ0v) is 16.6. The van der Waals surface area contributed by atoms with Crippen molar-refractivity contribution in [2.24, 2.45) is 5.92 Å². The lowest BCUT2D eigenvalue weighted by atomic mass is 9.87. The van der Waals surface area contributed by atoms with E-state index in [1.807, 2.05) is 29.3 Å².